The Labute approximate surface area is 65.6 Å². The SMILES string of the molecule is [CH2]CC(F)(F)[C@@H](F)C(F)C(F)F. The van der Waals surface area contributed by atoms with Gasteiger partial charge in [-0.25, -0.2) is 26.3 Å². The van der Waals surface area contributed by atoms with Crippen LogP contribution in [0.4, 0.5) is 26.3 Å². The maximum atomic E-state index is 12.2. The Morgan fingerprint density at radius 3 is 1.75 bits per heavy atom. The molecule has 2 atom stereocenters. The topological polar surface area (TPSA) is 0 Å². The Bertz CT molecular complexity index is 134. The van der Waals surface area contributed by atoms with Gasteiger partial charge in [-0.05, 0) is 6.92 Å². The van der Waals surface area contributed by atoms with E-state index >= 15 is 0 Å². The predicted octanol–water partition coefficient (Wildman–Crippen LogP) is 2.79. The number of hydrogen-bond acceptors (Lipinski definition) is 0. The van der Waals surface area contributed by atoms with Crippen LogP contribution in [0.25, 0.3) is 0 Å². The van der Waals surface area contributed by atoms with Gasteiger partial charge in [0.25, 0.3) is 12.3 Å². The van der Waals surface area contributed by atoms with Gasteiger partial charge in [0.2, 0.25) is 0 Å². The lowest BCUT2D eigenvalue weighted by Gasteiger charge is -2.21. The molecule has 0 N–H and O–H groups in total. The van der Waals surface area contributed by atoms with E-state index in [1.165, 1.54) is 0 Å². The molecule has 0 fully saturated rings. The van der Waals surface area contributed by atoms with Crippen molar-refractivity contribution in [3.8, 4) is 0 Å². The zero-order chi connectivity index (χ0) is 9.94. The van der Waals surface area contributed by atoms with Crippen molar-refractivity contribution in [2.75, 3.05) is 0 Å². The third-order valence-electron chi connectivity index (χ3n) is 1.26. The van der Waals surface area contributed by atoms with Gasteiger partial charge in [0.15, 0.2) is 12.3 Å². The Hall–Kier alpha value is -0.420. The zero-order valence-electron chi connectivity index (χ0n) is 5.91. The van der Waals surface area contributed by atoms with E-state index in [4.69, 9.17) is 0 Å². The van der Waals surface area contributed by atoms with Crippen molar-refractivity contribution in [2.45, 2.75) is 31.1 Å². The van der Waals surface area contributed by atoms with Crippen LogP contribution in [0.3, 0.4) is 0 Å². The molecule has 0 aliphatic heterocycles. The van der Waals surface area contributed by atoms with Gasteiger partial charge < -0.3 is 0 Å². The van der Waals surface area contributed by atoms with Crippen molar-refractivity contribution in [2.24, 2.45) is 0 Å². The Kier molecular flexibility index (Phi) is 3.86. The molecular formula is C6H7F6. The second kappa shape index (κ2) is 4.00. The monoisotopic (exact) mass is 193 g/mol. The second-order valence-corrected chi connectivity index (χ2v) is 2.19. The van der Waals surface area contributed by atoms with Gasteiger partial charge in [0.1, 0.15) is 0 Å². The molecule has 0 amide bonds. The molecule has 0 aromatic carbocycles. The number of alkyl halides is 6. The minimum Gasteiger partial charge on any atom is -0.238 e. The summed E-state index contributed by atoms with van der Waals surface area (Å²) in [5.74, 6) is -4.13. The second-order valence-electron chi connectivity index (χ2n) is 2.19. The van der Waals surface area contributed by atoms with Crippen LogP contribution in [-0.2, 0) is 0 Å². The average molecular weight is 193 g/mol. The summed E-state index contributed by atoms with van der Waals surface area (Å²) in [4.78, 5) is 0. The maximum absolute atomic E-state index is 12.2. The van der Waals surface area contributed by atoms with E-state index in [-0.39, 0.29) is 0 Å². The molecular weight excluding hydrogens is 186 g/mol. The quantitative estimate of drug-likeness (QED) is 0.602. The van der Waals surface area contributed by atoms with Crippen molar-refractivity contribution in [1.82, 2.24) is 0 Å². The molecule has 0 aromatic heterocycles. The van der Waals surface area contributed by atoms with E-state index in [2.05, 4.69) is 6.92 Å². The maximum Gasteiger partial charge on any atom is 0.281 e. The van der Waals surface area contributed by atoms with Crippen molar-refractivity contribution in [3.63, 3.8) is 0 Å². The summed E-state index contributed by atoms with van der Waals surface area (Å²) in [5.41, 5.74) is 0. The number of halogens is 6. The highest BCUT2D eigenvalue weighted by atomic mass is 19.3. The first-order chi connectivity index (χ1) is 5.33. The molecule has 0 aliphatic rings. The summed E-state index contributed by atoms with van der Waals surface area (Å²) in [7, 11) is 0. The van der Waals surface area contributed by atoms with Crippen LogP contribution in [0.15, 0.2) is 0 Å². The molecule has 0 bridgehead atoms. The fourth-order valence-corrected chi connectivity index (χ4v) is 0.499. The van der Waals surface area contributed by atoms with Crippen LogP contribution in [0.2, 0.25) is 0 Å². The summed E-state index contributed by atoms with van der Waals surface area (Å²) in [6.45, 7) is 2.62. The van der Waals surface area contributed by atoms with Crippen LogP contribution in [0.5, 0.6) is 0 Å². The molecule has 0 rings (SSSR count). The van der Waals surface area contributed by atoms with Gasteiger partial charge in [-0.15, -0.1) is 0 Å². The van der Waals surface area contributed by atoms with Crippen molar-refractivity contribution >= 4 is 0 Å². The van der Waals surface area contributed by atoms with Crippen LogP contribution in [-0.4, -0.2) is 24.7 Å². The molecule has 0 spiro atoms. The van der Waals surface area contributed by atoms with E-state index in [0.717, 1.165) is 0 Å². The van der Waals surface area contributed by atoms with Crippen LogP contribution in [0, 0.1) is 6.92 Å². The Morgan fingerprint density at radius 1 is 1.08 bits per heavy atom. The Balaban J connectivity index is 4.27. The first-order valence-corrected chi connectivity index (χ1v) is 3.06. The predicted molar refractivity (Wildman–Crippen MR) is 30.7 cm³/mol. The molecule has 73 valence electrons. The third-order valence-corrected chi connectivity index (χ3v) is 1.26. The lowest BCUT2D eigenvalue weighted by Crippen LogP contribution is -2.40. The molecule has 6 heteroatoms. The minimum absolute atomic E-state index is 1.25. The van der Waals surface area contributed by atoms with Crippen molar-refractivity contribution < 1.29 is 26.3 Å². The fourth-order valence-electron chi connectivity index (χ4n) is 0.499. The molecule has 1 unspecified atom stereocenters. The van der Waals surface area contributed by atoms with Gasteiger partial charge in [-0.2, -0.15) is 0 Å². The molecule has 12 heavy (non-hydrogen) atoms. The number of rotatable bonds is 4. The smallest absolute Gasteiger partial charge is 0.238 e. The van der Waals surface area contributed by atoms with Crippen LogP contribution in [0.1, 0.15) is 6.42 Å². The molecule has 0 aromatic rings. The first-order valence-electron chi connectivity index (χ1n) is 3.06. The summed E-state index contributed by atoms with van der Waals surface area (Å²) in [6, 6.07) is 0. The minimum atomic E-state index is -4.13. The number of hydrogen-bond donors (Lipinski definition) is 0. The van der Waals surface area contributed by atoms with Crippen LogP contribution < -0.4 is 0 Å². The summed E-state index contributed by atoms with van der Waals surface area (Å²) in [6.07, 6.45) is -11.9. The van der Waals surface area contributed by atoms with Gasteiger partial charge in [0, 0.05) is 6.42 Å². The van der Waals surface area contributed by atoms with Gasteiger partial charge >= 0.3 is 0 Å². The highest BCUT2D eigenvalue weighted by molar-refractivity contribution is 4.85. The van der Waals surface area contributed by atoms with Crippen LogP contribution >= 0.6 is 0 Å². The lowest BCUT2D eigenvalue weighted by atomic mass is 10.1. The molecule has 0 nitrogen and oxygen atoms in total. The molecule has 0 saturated heterocycles. The van der Waals surface area contributed by atoms with E-state index in [1.807, 2.05) is 0 Å². The first kappa shape index (κ1) is 11.6. The van der Waals surface area contributed by atoms with Crippen molar-refractivity contribution in [1.29, 1.82) is 0 Å². The van der Waals surface area contributed by atoms with Crippen molar-refractivity contribution in [3.05, 3.63) is 6.92 Å². The summed E-state index contributed by atoms with van der Waals surface area (Å²) < 4.78 is 71.2. The van der Waals surface area contributed by atoms with Gasteiger partial charge in [-0.3, -0.25) is 0 Å². The molecule has 0 heterocycles. The Morgan fingerprint density at radius 2 is 1.50 bits per heavy atom. The standard InChI is InChI=1S/C6H7F6/c1-2-6(11,12)4(8)3(7)5(9)10/h3-5H,1-2H2/t3?,4-/m0/s1. The van der Waals surface area contributed by atoms with E-state index in [0.29, 0.717) is 0 Å². The zero-order valence-corrected chi connectivity index (χ0v) is 5.91. The normalized spacial score (nSPS) is 18.0. The highest BCUT2D eigenvalue weighted by Gasteiger charge is 2.47. The largest absolute Gasteiger partial charge is 0.281 e. The molecule has 1 radical (unpaired) electrons. The molecule has 0 saturated carbocycles. The third kappa shape index (κ3) is 2.57. The van der Waals surface area contributed by atoms with Gasteiger partial charge in [-0.1, -0.05) is 0 Å². The highest BCUT2D eigenvalue weighted by Crippen LogP contribution is 2.30. The van der Waals surface area contributed by atoms with E-state index in [9.17, 15) is 26.3 Å². The fraction of sp³-hybridized carbons (Fsp3) is 0.833. The average Bonchev–Trinajstić information content (AvgIpc) is 2.01. The van der Waals surface area contributed by atoms with E-state index < -0.39 is 31.1 Å². The van der Waals surface area contributed by atoms with Gasteiger partial charge in [0.05, 0.1) is 0 Å². The van der Waals surface area contributed by atoms with E-state index in [1.54, 1.807) is 0 Å². The lowest BCUT2D eigenvalue weighted by molar-refractivity contribution is -0.125. The molecule has 0 aliphatic carbocycles. The summed E-state index contributed by atoms with van der Waals surface area (Å²) >= 11 is 0. The summed E-state index contributed by atoms with van der Waals surface area (Å²) in [5, 5.41) is 0.